The maximum atomic E-state index is 9.34. The van der Waals surface area contributed by atoms with Gasteiger partial charge in [-0.05, 0) is 0 Å². The number of aliphatic hydroxyl groups excluding tert-OH is 3. The van der Waals surface area contributed by atoms with E-state index in [1.165, 1.54) is 0 Å². The van der Waals surface area contributed by atoms with Crippen molar-refractivity contribution >= 4 is 15.0 Å². The fraction of sp³-hybridized carbons (Fsp3) is 1.00. The average Bonchev–Trinajstić information content (AvgIpc) is 2.30. The van der Waals surface area contributed by atoms with Crippen LogP contribution in [0.15, 0.2) is 0 Å². The fourth-order valence-electron chi connectivity index (χ4n) is 1.07. The van der Waals surface area contributed by atoms with E-state index in [0.29, 0.717) is 15.0 Å². The van der Waals surface area contributed by atoms with Crippen LogP contribution in [0.4, 0.5) is 0 Å². The molecule has 0 spiro atoms. The third-order valence-electron chi connectivity index (χ3n) is 1.80. The molecule has 0 aromatic heterocycles. The summed E-state index contributed by atoms with van der Waals surface area (Å²) in [7, 11) is 0. The molecule has 0 saturated carbocycles. The van der Waals surface area contributed by atoms with Crippen LogP contribution < -0.4 is 0 Å². The third-order valence-corrected chi connectivity index (χ3v) is 4.90. The van der Waals surface area contributed by atoms with Gasteiger partial charge < -0.3 is 0 Å². The molecular formula is C6H12O3Se. The molecule has 10 heavy (non-hydrogen) atoms. The Labute approximate surface area is 66.2 Å². The van der Waals surface area contributed by atoms with E-state index >= 15 is 0 Å². The van der Waals surface area contributed by atoms with Crippen LogP contribution in [-0.4, -0.2) is 49.6 Å². The molecule has 4 heteroatoms. The van der Waals surface area contributed by atoms with E-state index in [9.17, 15) is 5.11 Å². The number of hydrogen-bond acceptors (Lipinski definition) is 3. The van der Waals surface area contributed by atoms with Crippen molar-refractivity contribution in [3.63, 3.8) is 0 Å². The number of aliphatic hydroxyl groups is 3. The van der Waals surface area contributed by atoms with Crippen LogP contribution in [0.3, 0.4) is 0 Å². The Morgan fingerprint density at radius 3 is 2.30 bits per heavy atom. The minimum absolute atomic E-state index is 0.0251. The maximum absolute atomic E-state index is 9.34. The van der Waals surface area contributed by atoms with Crippen LogP contribution in [0.2, 0.25) is 10.1 Å². The van der Waals surface area contributed by atoms with Gasteiger partial charge in [-0.15, -0.1) is 0 Å². The zero-order chi connectivity index (χ0) is 7.56. The van der Waals surface area contributed by atoms with E-state index in [1.807, 2.05) is 0 Å². The molecule has 0 aromatic rings. The topological polar surface area (TPSA) is 60.7 Å². The van der Waals surface area contributed by atoms with Crippen LogP contribution in [0.25, 0.3) is 0 Å². The van der Waals surface area contributed by atoms with Crippen LogP contribution >= 0.6 is 0 Å². The first-order valence-corrected chi connectivity index (χ1v) is 5.51. The standard InChI is InChI=1S/C6H12O3Se/c7-1-4-3-10-5(2-8)6(4)9/h4-9H,1-3H2. The van der Waals surface area contributed by atoms with Gasteiger partial charge in [0.1, 0.15) is 0 Å². The van der Waals surface area contributed by atoms with Crippen LogP contribution in [0.1, 0.15) is 0 Å². The van der Waals surface area contributed by atoms with Crippen molar-refractivity contribution in [1.82, 2.24) is 0 Å². The molecule has 3 unspecified atom stereocenters. The van der Waals surface area contributed by atoms with E-state index < -0.39 is 6.10 Å². The Morgan fingerprint density at radius 2 is 2.00 bits per heavy atom. The van der Waals surface area contributed by atoms with Gasteiger partial charge in [0, 0.05) is 0 Å². The fourth-order valence-corrected chi connectivity index (χ4v) is 3.84. The van der Waals surface area contributed by atoms with Gasteiger partial charge in [0.15, 0.2) is 0 Å². The zero-order valence-corrected chi connectivity index (χ0v) is 7.32. The molecule has 1 fully saturated rings. The molecule has 1 aliphatic rings. The van der Waals surface area contributed by atoms with E-state index in [0.717, 1.165) is 5.32 Å². The summed E-state index contributed by atoms with van der Waals surface area (Å²) in [4.78, 5) is 0.0599. The second-order valence-electron chi connectivity index (χ2n) is 2.49. The van der Waals surface area contributed by atoms with E-state index in [1.54, 1.807) is 0 Å². The van der Waals surface area contributed by atoms with Gasteiger partial charge in [-0.25, -0.2) is 0 Å². The summed E-state index contributed by atoms with van der Waals surface area (Å²) >= 11 is 0.321. The molecular weight excluding hydrogens is 199 g/mol. The van der Waals surface area contributed by atoms with Crippen LogP contribution in [0, 0.1) is 5.92 Å². The Morgan fingerprint density at radius 1 is 1.30 bits per heavy atom. The molecule has 1 heterocycles. The van der Waals surface area contributed by atoms with Gasteiger partial charge in [-0.3, -0.25) is 0 Å². The molecule has 1 rings (SSSR count). The van der Waals surface area contributed by atoms with E-state index in [2.05, 4.69) is 0 Å². The van der Waals surface area contributed by atoms with Crippen molar-refractivity contribution in [3.8, 4) is 0 Å². The summed E-state index contributed by atoms with van der Waals surface area (Å²) < 4.78 is 0. The normalized spacial score (nSPS) is 40.5. The van der Waals surface area contributed by atoms with E-state index in [-0.39, 0.29) is 23.9 Å². The zero-order valence-electron chi connectivity index (χ0n) is 5.60. The number of hydrogen-bond donors (Lipinski definition) is 3. The summed E-state index contributed by atoms with van der Waals surface area (Å²) in [5.41, 5.74) is 0. The quantitative estimate of drug-likeness (QED) is 0.507. The minimum atomic E-state index is -0.463. The average molecular weight is 211 g/mol. The molecule has 0 bridgehead atoms. The SMILES string of the molecule is OCC1C[Se]C(CO)C1O. The Kier molecular flexibility index (Phi) is 3.14. The molecule has 0 aliphatic carbocycles. The molecule has 0 radical (unpaired) electrons. The Hall–Kier alpha value is 0.399. The first-order chi connectivity index (χ1) is 4.79. The summed E-state index contributed by atoms with van der Waals surface area (Å²) in [5.74, 6) is 0.0251. The predicted octanol–water partition coefficient (Wildman–Crippen LogP) is -1.13. The Bertz CT molecular complexity index is 97.2. The first-order valence-electron chi connectivity index (χ1n) is 3.31. The summed E-state index contributed by atoms with van der Waals surface area (Å²) in [5, 5.41) is 27.7. The van der Waals surface area contributed by atoms with Crippen molar-refractivity contribution in [2.24, 2.45) is 5.92 Å². The second kappa shape index (κ2) is 3.69. The first kappa shape index (κ1) is 8.50. The third kappa shape index (κ3) is 1.52. The number of rotatable bonds is 2. The molecule has 1 saturated heterocycles. The molecule has 60 valence electrons. The van der Waals surface area contributed by atoms with Crippen molar-refractivity contribution in [2.75, 3.05) is 13.2 Å². The van der Waals surface area contributed by atoms with Crippen LogP contribution in [-0.2, 0) is 0 Å². The summed E-state index contributed by atoms with van der Waals surface area (Å²) in [6.45, 7) is 0.122. The molecule has 0 amide bonds. The van der Waals surface area contributed by atoms with Gasteiger partial charge in [-0.2, -0.15) is 0 Å². The predicted molar refractivity (Wildman–Crippen MR) is 38.0 cm³/mol. The van der Waals surface area contributed by atoms with E-state index in [4.69, 9.17) is 10.2 Å². The molecule has 3 atom stereocenters. The van der Waals surface area contributed by atoms with Crippen molar-refractivity contribution < 1.29 is 15.3 Å². The van der Waals surface area contributed by atoms with Gasteiger partial charge in [-0.1, -0.05) is 0 Å². The molecule has 1 aliphatic heterocycles. The Balaban J connectivity index is 2.41. The van der Waals surface area contributed by atoms with Crippen molar-refractivity contribution in [3.05, 3.63) is 0 Å². The van der Waals surface area contributed by atoms with Gasteiger partial charge in [0.05, 0.1) is 0 Å². The second-order valence-corrected chi connectivity index (χ2v) is 5.16. The summed E-state index contributed by atoms with van der Waals surface area (Å²) in [6, 6.07) is 0. The van der Waals surface area contributed by atoms with Crippen molar-refractivity contribution in [1.29, 1.82) is 0 Å². The van der Waals surface area contributed by atoms with Gasteiger partial charge in [0.25, 0.3) is 0 Å². The molecule has 3 nitrogen and oxygen atoms in total. The molecule has 0 aromatic carbocycles. The van der Waals surface area contributed by atoms with Gasteiger partial charge in [0.2, 0.25) is 0 Å². The monoisotopic (exact) mass is 212 g/mol. The van der Waals surface area contributed by atoms with Gasteiger partial charge >= 0.3 is 65.6 Å². The molecule has 3 N–H and O–H groups in total. The van der Waals surface area contributed by atoms with Crippen molar-refractivity contribution in [2.45, 2.75) is 16.2 Å². The summed E-state index contributed by atoms with van der Waals surface area (Å²) in [6.07, 6.45) is -0.463. The van der Waals surface area contributed by atoms with Crippen LogP contribution in [0.5, 0.6) is 0 Å².